The Morgan fingerprint density at radius 2 is 2.10 bits per heavy atom. The van der Waals surface area contributed by atoms with Gasteiger partial charge in [0.05, 0.1) is 4.90 Å². The van der Waals surface area contributed by atoms with Crippen molar-refractivity contribution in [3.8, 4) is 0 Å². The van der Waals surface area contributed by atoms with Gasteiger partial charge in [0, 0.05) is 24.7 Å². The summed E-state index contributed by atoms with van der Waals surface area (Å²) < 4.78 is 27.4. The third-order valence-corrected chi connectivity index (χ3v) is 6.59. The summed E-state index contributed by atoms with van der Waals surface area (Å²) in [6.07, 6.45) is 4.34. The van der Waals surface area contributed by atoms with Crippen LogP contribution in [0.15, 0.2) is 29.2 Å². The molecule has 0 spiro atoms. The minimum Gasteiger partial charge on any atom is -0.310 e. The molecule has 0 atom stereocenters. The first-order valence-corrected chi connectivity index (χ1v) is 9.19. The fourth-order valence-electron chi connectivity index (χ4n) is 3.02. The lowest BCUT2D eigenvalue weighted by atomic mass is 10.0. The van der Waals surface area contributed by atoms with Crippen molar-refractivity contribution in [2.45, 2.75) is 62.6 Å². The summed E-state index contributed by atoms with van der Waals surface area (Å²) in [5.74, 6) is 0. The Hall–Kier alpha value is -0.910. The smallest absolute Gasteiger partial charge is 0.243 e. The van der Waals surface area contributed by atoms with Gasteiger partial charge in [-0.15, -0.1) is 0 Å². The van der Waals surface area contributed by atoms with Gasteiger partial charge >= 0.3 is 0 Å². The van der Waals surface area contributed by atoms with Gasteiger partial charge in [-0.05, 0) is 57.2 Å². The number of sulfonamides is 1. The molecular weight excluding hydrogens is 284 g/mol. The van der Waals surface area contributed by atoms with Crippen molar-refractivity contribution in [3.63, 3.8) is 0 Å². The van der Waals surface area contributed by atoms with E-state index in [1.165, 1.54) is 12.8 Å². The van der Waals surface area contributed by atoms with Gasteiger partial charge in [-0.3, -0.25) is 0 Å². The van der Waals surface area contributed by atoms with Crippen molar-refractivity contribution in [3.05, 3.63) is 29.8 Å². The molecule has 1 saturated carbocycles. The molecule has 21 heavy (non-hydrogen) atoms. The molecule has 1 aromatic rings. The van der Waals surface area contributed by atoms with E-state index in [0.29, 0.717) is 17.5 Å². The molecule has 0 amide bonds. The van der Waals surface area contributed by atoms with Crippen LogP contribution in [-0.4, -0.2) is 30.8 Å². The van der Waals surface area contributed by atoms with Crippen molar-refractivity contribution in [2.24, 2.45) is 0 Å². The molecular formula is C16H24N2O2S. The van der Waals surface area contributed by atoms with Gasteiger partial charge in [0.15, 0.2) is 0 Å². The van der Waals surface area contributed by atoms with E-state index in [0.717, 1.165) is 24.9 Å². The molecule has 2 fully saturated rings. The summed E-state index contributed by atoms with van der Waals surface area (Å²) in [4.78, 5) is 0.424. The largest absolute Gasteiger partial charge is 0.310 e. The fraction of sp³-hybridized carbons (Fsp3) is 0.625. The lowest BCUT2D eigenvalue weighted by Crippen LogP contribution is -2.42. The van der Waals surface area contributed by atoms with Gasteiger partial charge < -0.3 is 5.32 Å². The molecule has 1 saturated heterocycles. The van der Waals surface area contributed by atoms with E-state index in [-0.39, 0.29) is 5.54 Å². The molecule has 0 bridgehead atoms. The average Bonchev–Trinajstić information content (AvgIpc) is 3.19. The summed E-state index contributed by atoms with van der Waals surface area (Å²) in [7, 11) is -3.39. The molecule has 0 aromatic heterocycles. The van der Waals surface area contributed by atoms with Crippen LogP contribution in [0.3, 0.4) is 0 Å². The van der Waals surface area contributed by atoms with Gasteiger partial charge in [0.1, 0.15) is 0 Å². The second kappa shape index (κ2) is 5.38. The Kier molecular flexibility index (Phi) is 3.84. The normalized spacial score (nSPS) is 22.6. The second-order valence-corrected chi connectivity index (χ2v) is 8.66. The monoisotopic (exact) mass is 308 g/mol. The zero-order chi connectivity index (χ0) is 15.1. The molecule has 1 aromatic carbocycles. The highest BCUT2D eigenvalue weighted by Gasteiger charge is 2.40. The molecule has 4 nitrogen and oxygen atoms in total. The Morgan fingerprint density at radius 1 is 1.33 bits per heavy atom. The zero-order valence-electron chi connectivity index (χ0n) is 12.8. The van der Waals surface area contributed by atoms with Crippen molar-refractivity contribution < 1.29 is 8.42 Å². The van der Waals surface area contributed by atoms with Crippen LogP contribution < -0.4 is 5.32 Å². The summed E-state index contributed by atoms with van der Waals surface area (Å²) in [5.41, 5.74) is 0.765. The van der Waals surface area contributed by atoms with Crippen LogP contribution >= 0.6 is 0 Å². The Bertz CT molecular complexity index is 621. The standard InChI is InChI=1S/C16H24N2O2S/c1-16(2)9-4-10-18(16)21(19,20)15-6-3-5-13(11-15)12-17-14-7-8-14/h3,5-6,11,14,17H,4,7-10,12H2,1-2H3. The van der Waals surface area contributed by atoms with E-state index in [2.05, 4.69) is 5.32 Å². The number of rotatable bonds is 5. The maximum Gasteiger partial charge on any atom is 0.243 e. The fourth-order valence-corrected chi connectivity index (χ4v) is 4.94. The van der Waals surface area contributed by atoms with Crippen LogP contribution in [0.4, 0.5) is 0 Å². The molecule has 1 aliphatic carbocycles. The number of nitrogens with zero attached hydrogens (tertiary/aromatic N) is 1. The van der Waals surface area contributed by atoms with E-state index in [1.54, 1.807) is 10.4 Å². The molecule has 2 aliphatic rings. The Balaban J connectivity index is 1.82. The topological polar surface area (TPSA) is 49.4 Å². The number of hydrogen-bond donors (Lipinski definition) is 1. The number of benzene rings is 1. The molecule has 5 heteroatoms. The third-order valence-electron chi connectivity index (χ3n) is 4.48. The SMILES string of the molecule is CC1(C)CCCN1S(=O)(=O)c1cccc(CNC2CC2)c1. The van der Waals surface area contributed by atoms with Crippen LogP contribution in [-0.2, 0) is 16.6 Å². The maximum absolute atomic E-state index is 12.9. The van der Waals surface area contributed by atoms with Gasteiger partial charge in [0.2, 0.25) is 10.0 Å². The summed E-state index contributed by atoms with van der Waals surface area (Å²) in [5, 5.41) is 3.43. The van der Waals surface area contributed by atoms with Crippen LogP contribution in [0.25, 0.3) is 0 Å². The molecule has 3 rings (SSSR count). The molecule has 1 N–H and O–H groups in total. The number of nitrogens with one attached hydrogen (secondary N) is 1. The molecule has 1 aliphatic heterocycles. The minimum absolute atomic E-state index is 0.277. The predicted molar refractivity (Wildman–Crippen MR) is 83.5 cm³/mol. The van der Waals surface area contributed by atoms with Gasteiger partial charge in [-0.1, -0.05) is 12.1 Å². The second-order valence-electron chi connectivity index (χ2n) is 6.80. The number of hydrogen-bond acceptors (Lipinski definition) is 3. The molecule has 0 unspecified atom stereocenters. The molecule has 1 heterocycles. The van der Waals surface area contributed by atoms with Gasteiger partial charge in [0.25, 0.3) is 0 Å². The summed E-state index contributed by atoms with van der Waals surface area (Å²) in [6, 6.07) is 8.00. The molecule has 0 radical (unpaired) electrons. The van der Waals surface area contributed by atoms with Crippen molar-refractivity contribution in [1.29, 1.82) is 0 Å². The first-order chi connectivity index (χ1) is 9.89. The van der Waals surface area contributed by atoms with E-state index in [1.807, 2.05) is 32.0 Å². The van der Waals surface area contributed by atoms with E-state index in [9.17, 15) is 8.42 Å². The lowest BCUT2D eigenvalue weighted by Gasteiger charge is -2.30. The average molecular weight is 308 g/mol. The highest BCUT2D eigenvalue weighted by molar-refractivity contribution is 7.89. The van der Waals surface area contributed by atoms with E-state index >= 15 is 0 Å². The Labute approximate surface area is 127 Å². The zero-order valence-corrected chi connectivity index (χ0v) is 13.6. The third kappa shape index (κ3) is 3.15. The van der Waals surface area contributed by atoms with Crippen molar-refractivity contribution in [1.82, 2.24) is 9.62 Å². The van der Waals surface area contributed by atoms with Crippen LogP contribution in [0.2, 0.25) is 0 Å². The van der Waals surface area contributed by atoms with Crippen LogP contribution in [0.5, 0.6) is 0 Å². The van der Waals surface area contributed by atoms with E-state index < -0.39 is 10.0 Å². The lowest BCUT2D eigenvalue weighted by molar-refractivity contribution is 0.291. The predicted octanol–water partition coefficient (Wildman–Crippen LogP) is 2.50. The quantitative estimate of drug-likeness (QED) is 0.909. The maximum atomic E-state index is 12.9. The summed E-state index contributed by atoms with van der Waals surface area (Å²) in [6.45, 7) is 5.39. The van der Waals surface area contributed by atoms with E-state index in [4.69, 9.17) is 0 Å². The van der Waals surface area contributed by atoms with Crippen molar-refractivity contribution in [2.75, 3.05) is 6.54 Å². The van der Waals surface area contributed by atoms with Gasteiger partial charge in [-0.25, -0.2) is 8.42 Å². The Morgan fingerprint density at radius 3 is 2.71 bits per heavy atom. The van der Waals surface area contributed by atoms with Gasteiger partial charge in [-0.2, -0.15) is 4.31 Å². The van der Waals surface area contributed by atoms with Crippen molar-refractivity contribution >= 4 is 10.0 Å². The molecule has 116 valence electrons. The van der Waals surface area contributed by atoms with Crippen LogP contribution in [0, 0.1) is 0 Å². The first kappa shape index (κ1) is 15.0. The highest BCUT2D eigenvalue weighted by atomic mass is 32.2. The summed E-state index contributed by atoms with van der Waals surface area (Å²) >= 11 is 0. The van der Waals surface area contributed by atoms with Crippen LogP contribution in [0.1, 0.15) is 45.1 Å². The highest BCUT2D eigenvalue weighted by Crippen LogP contribution is 2.34. The minimum atomic E-state index is -3.39. The first-order valence-electron chi connectivity index (χ1n) is 7.75.